The van der Waals surface area contributed by atoms with Gasteiger partial charge in [0.2, 0.25) is 5.91 Å². The van der Waals surface area contributed by atoms with Gasteiger partial charge in [-0.1, -0.05) is 0 Å². The highest BCUT2D eigenvalue weighted by atomic mass is 16.3. The third-order valence-corrected chi connectivity index (χ3v) is 5.63. The highest BCUT2D eigenvalue weighted by Gasteiger charge is 2.28. The number of hydrogen-bond donors (Lipinski definition) is 4. The van der Waals surface area contributed by atoms with Crippen molar-refractivity contribution in [2.24, 2.45) is 5.10 Å². The number of nitrogens with two attached hydrogens (primary N) is 1. The Kier molecular flexibility index (Phi) is 5.63. The molecule has 4 heterocycles. The number of fused-ring (bicyclic) bond motifs is 1. The SMILES string of the molecule is CN1CC(c2cnn3c(N)cc([C@H]4CC[C@@H](C(=O)NCCCO)NC4)nc23)C=N1. The van der Waals surface area contributed by atoms with E-state index in [2.05, 4.69) is 20.8 Å². The number of likely N-dealkylation sites (N-methyl/N-ethyl adjacent to an activating group) is 1. The Balaban J connectivity index is 1.47. The summed E-state index contributed by atoms with van der Waals surface area (Å²) in [5, 5.41) is 25.6. The van der Waals surface area contributed by atoms with Gasteiger partial charge < -0.3 is 21.5 Å². The van der Waals surface area contributed by atoms with Gasteiger partial charge >= 0.3 is 0 Å². The minimum Gasteiger partial charge on any atom is -0.396 e. The summed E-state index contributed by atoms with van der Waals surface area (Å²) < 4.78 is 1.68. The Bertz CT molecular complexity index is 903. The minimum absolute atomic E-state index is 0.0115. The summed E-state index contributed by atoms with van der Waals surface area (Å²) >= 11 is 0. The van der Waals surface area contributed by atoms with Gasteiger partial charge in [-0.05, 0) is 19.3 Å². The molecule has 0 aliphatic carbocycles. The van der Waals surface area contributed by atoms with Crippen molar-refractivity contribution in [3.63, 3.8) is 0 Å². The summed E-state index contributed by atoms with van der Waals surface area (Å²) in [5.74, 6) is 0.883. The third kappa shape index (κ3) is 4.03. The fraction of sp³-hybridized carbons (Fsp3) is 0.579. The molecule has 1 saturated heterocycles. The van der Waals surface area contributed by atoms with E-state index in [1.54, 1.807) is 4.52 Å². The van der Waals surface area contributed by atoms with Crippen LogP contribution in [0.25, 0.3) is 5.65 Å². The number of nitrogens with one attached hydrogen (secondary N) is 2. The molecule has 0 saturated carbocycles. The molecule has 4 rings (SSSR count). The van der Waals surface area contributed by atoms with Crippen molar-refractivity contribution in [2.75, 3.05) is 39.0 Å². The zero-order chi connectivity index (χ0) is 20.4. The second-order valence-electron chi connectivity index (χ2n) is 7.76. The van der Waals surface area contributed by atoms with Gasteiger partial charge in [0.1, 0.15) is 5.82 Å². The molecule has 0 aromatic carbocycles. The number of carbonyl (C=O) groups is 1. The topological polar surface area (TPSA) is 133 Å². The molecule has 3 atom stereocenters. The summed E-state index contributed by atoms with van der Waals surface area (Å²) in [6, 6.07) is 1.67. The van der Waals surface area contributed by atoms with Gasteiger partial charge in [-0.15, -0.1) is 0 Å². The van der Waals surface area contributed by atoms with Crippen molar-refractivity contribution in [1.29, 1.82) is 0 Å². The van der Waals surface area contributed by atoms with Crippen LogP contribution in [0, 0.1) is 0 Å². The second kappa shape index (κ2) is 8.34. The number of anilines is 1. The summed E-state index contributed by atoms with van der Waals surface area (Å²) in [6.45, 7) is 2.04. The molecule has 2 aliphatic heterocycles. The van der Waals surface area contributed by atoms with Gasteiger partial charge in [0.15, 0.2) is 5.65 Å². The number of hydrogen-bond acceptors (Lipinski definition) is 8. The van der Waals surface area contributed by atoms with E-state index in [0.29, 0.717) is 25.3 Å². The van der Waals surface area contributed by atoms with E-state index in [-0.39, 0.29) is 30.4 Å². The smallest absolute Gasteiger partial charge is 0.237 e. The molecule has 156 valence electrons. The summed E-state index contributed by atoms with van der Waals surface area (Å²) in [4.78, 5) is 17.1. The van der Waals surface area contributed by atoms with Crippen LogP contribution in [0.1, 0.15) is 42.4 Å². The zero-order valence-electron chi connectivity index (χ0n) is 16.6. The van der Waals surface area contributed by atoms with E-state index in [1.807, 2.05) is 30.5 Å². The highest BCUT2D eigenvalue weighted by molar-refractivity contribution is 5.81. The molecular formula is C19H28N8O2. The maximum Gasteiger partial charge on any atom is 0.237 e. The monoisotopic (exact) mass is 400 g/mol. The molecule has 1 fully saturated rings. The highest BCUT2D eigenvalue weighted by Crippen LogP contribution is 2.29. The Morgan fingerprint density at radius 1 is 1.45 bits per heavy atom. The lowest BCUT2D eigenvalue weighted by Crippen LogP contribution is -2.48. The number of nitrogen functional groups attached to an aromatic ring is 1. The molecule has 0 bridgehead atoms. The average molecular weight is 400 g/mol. The first-order chi connectivity index (χ1) is 14.1. The van der Waals surface area contributed by atoms with E-state index in [0.717, 1.165) is 36.3 Å². The van der Waals surface area contributed by atoms with E-state index in [9.17, 15) is 4.79 Å². The van der Waals surface area contributed by atoms with Crippen LogP contribution in [-0.4, -0.2) is 76.2 Å². The molecule has 1 amide bonds. The van der Waals surface area contributed by atoms with E-state index < -0.39 is 0 Å². The normalized spacial score (nSPS) is 24.3. The van der Waals surface area contributed by atoms with Gasteiger partial charge in [0, 0.05) is 63.0 Å². The Morgan fingerprint density at radius 2 is 2.31 bits per heavy atom. The lowest BCUT2D eigenvalue weighted by atomic mass is 9.91. The quantitative estimate of drug-likeness (QED) is 0.488. The molecule has 10 heteroatoms. The zero-order valence-corrected chi connectivity index (χ0v) is 16.6. The van der Waals surface area contributed by atoms with Gasteiger partial charge in [-0.3, -0.25) is 9.80 Å². The largest absolute Gasteiger partial charge is 0.396 e. The summed E-state index contributed by atoms with van der Waals surface area (Å²) in [5.41, 5.74) is 8.98. The van der Waals surface area contributed by atoms with Gasteiger partial charge in [0.05, 0.1) is 17.9 Å². The molecule has 5 N–H and O–H groups in total. The Labute approximate surface area is 169 Å². The predicted octanol–water partition coefficient (Wildman–Crippen LogP) is -0.339. The maximum atomic E-state index is 12.2. The van der Waals surface area contributed by atoms with Crippen LogP contribution in [0.4, 0.5) is 5.82 Å². The predicted molar refractivity (Wildman–Crippen MR) is 110 cm³/mol. The number of aliphatic hydroxyl groups is 1. The molecule has 2 aliphatic rings. The van der Waals surface area contributed by atoms with Gasteiger partial charge in [0.25, 0.3) is 0 Å². The number of nitrogens with zero attached hydrogens (tertiary/aromatic N) is 5. The van der Waals surface area contributed by atoms with Crippen molar-refractivity contribution in [3.05, 3.63) is 23.5 Å². The number of aromatic nitrogens is 3. The van der Waals surface area contributed by atoms with Crippen molar-refractivity contribution in [3.8, 4) is 0 Å². The maximum absolute atomic E-state index is 12.2. The fourth-order valence-corrected chi connectivity index (χ4v) is 3.99. The molecule has 1 unspecified atom stereocenters. The number of rotatable bonds is 6. The van der Waals surface area contributed by atoms with E-state index >= 15 is 0 Å². The van der Waals surface area contributed by atoms with Crippen molar-refractivity contribution >= 4 is 23.6 Å². The van der Waals surface area contributed by atoms with Crippen LogP contribution in [0.2, 0.25) is 0 Å². The number of carbonyl (C=O) groups excluding carboxylic acids is 1. The Hall–Kier alpha value is -2.72. The lowest BCUT2D eigenvalue weighted by Gasteiger charge is -2.29. The lowest BCUT2D eigenvalue weighted by molar-refractivity contribution is -0.123. The molecule has 29 heavy (non-hydrogen) atoms. The minimum atomic E-state index is -0.207. The third-order valence-electron chi connectivity index (χ3n) is 5.63. The van der Waals surface area contributed by atoms with Crippen LogP contribution in [0.5, 0.6) is 0 Å². The molecule has 2 aromatic heterocycles. The molecule has 2 aromatic rings. The average Bonchev–Trinajstić information content (AvgIpc) is 3.34. The van der Waals surface area contributed by atoms with Gasteiger partial charge in [-0.25, -0.2) is 4.98 Å². The molecule has 0 radical (unpaired) electrons. The van der Waals surface area contributed by atoms with Crippen LogP contribution in [-0.2, 0) is 4.79 Å². The number of hydrazone groups is 1. The number of piperidine rings is 1. The van der Waals surface area contributed by atoms with Gasteiger partial charge in [-0.2, -0.15) is 14.7 Å². The first kappa shape index (κ1) is 19.6. The van der Waals surface area contributed by atoms with E-state index in [1.165, 1.54) is 0 Å². The second-order valence-corrected chi connectivity index (χ2v) is 7.76. The standard InChI is InChI=1S/C19H28N8O2/c1-26-11-13(9-23-26)14-10-24-27-17(20)7-16(25-18(14)27)12-3-4-15(22-8-12)19(29)21-5-2-6-28/h7,9-10,12-13,15,22,28H,2-6,8,11,20H2,1H3,(H,21,29)/t12-,13?,15-/m0/s1. The van der Waals surface area contributed by atoms with Crippen LogP contribution in [0.15, 0.2) is 17.4 Å². The van der Waals surface area contributed by atoms with Crippen molar-refractivity contribution in [2.45, 2.75) is 37.1 Å². The number of aliphatic hydroxyl groups excluding tert-OH is 1. The Morgan fingerprint density at radius 3 is 3.00 bits per heavy atom. The fourth-order valence-electron chi connectivity index (χ4n) is 3.99. The van der Waals surface area contributed by atoms with Crippen LogP contribution >= 0.6 is 0 Å². The van der Waals surface area contributed by atoms with Crippen molar-refractivity contribution in [1.82, 2.24) is 30.2 Å². The van der Waals surface area contributed by atoms with Crippen LogP contribution in [0.3, 0.4) is 0 Å². The van der Waals surface area contributed by atoms with Crippen LogP contribution < -0.4 is 16.4 Å². The molecule has 0 spiro atoms. The van der Waals surface area contributed by atoms with E-state index in [4.69, 9.17) is 15.8 Å². The summed E-state index contributed by atoms with van der Waals surface area (Å²) in [6.07, 6.45) is 5.90. The first-order valence-electron chi connectivity index (χ1n) is 10.1. The summed E-state index contributed by atoms with van der Waals surface area (Å²) in [7, 11) is 1.94. The van der Waals surface area contributed by atoms with Crippen molar-refractivity contribution < 1.29 is 9.90 Å². The number of amides is 1. The first-order valence-corrected chi connectivity index (χ1v) is 10.1. The molecule has 10 nitrogen and oxygen atoms in total. The molecular weight excluding hydrogens is 372 g/mol.